The Labute approximate surface area is 181 Å². The van der Waals surface area contributed by atoms with Crippen LogP contribution in [0.15, 0.2) is 46.8 Å². The predicted octanol–water partition coefficient (Wildman–Crippen LogP) is 6.80. The highest BCUT2D eigenvalue weighted by atomic mass is 35.5. The first-order valence-electron chi connectivity index (χ1n) is 7.86. The van der Waals surface area contributed by atoms with Crippen molar-refractivity contribution in [2.75, 3.05) is 10.6 Å². The summed E-state index contributed by atoms with van der Waals surface area (Å²) in [4.78, 5) is 12.0. The summed E-state index contributed by atoms with van der Waals surface area (Å²) >= 11 is 14.0. The van der Waals surface area contributed by atoms with E-state index in [2.05, 4.69) is 20.8 Å². The molecule has 152 valence electrons. The molecule has 0 unspecified atom stereocenters. The van der Waals surface area contributed by atoms with Crippen molar-refractivity contribution in [1.29, 1.82) is 0 Å². The molecule has 2 amide bonds. The van der Waals surface area contributed by atoms with Gasteiger partial charge in [0.05, 0.1) is 15.6 Å². The molecule has 3 aromatic rings. The van der Waals surface area contributed by atoms with E-state index in [0.717, 1.165) is 23.5 Å². The summed E-state index contributed by atoms with van der Waals surface area (Å²) in [6, 6.07) is 9.17. The number of alkyl halides is 3. The molecule has 1 heterocycles. The first kappa shape index (κ1) is 21.7. The van der Waals surface area contributed by atoms with Gasteiger partial charge in [-0.25, -0.2) is 4.79 Å². The predicted molar refractivity (Wildman–Crippen MR) is 110 cm³/mol. The highest BCUT2D eigenvalue weighted by molar-refractivity contribution is 8.00. The first-order valence-corrected chi connectivity index (χ1v) is 10.4. The van der Waals surface area contributed by atoms with Crippen molar-refractivity contribution in [3.63, 3.8) is 0 Å². The van der Waals surface area contributed by atoms with Gasteiger partial charge in [0.2, 0.25) is 5.13 Å². The lowest BCUT2D eigenvalue weighted by Gasteiger charge is -2.07. The molecule has 0 spiro atoms. The molecule has 0 atom stereocenters. The molecule has 5 nitrogen and oxygen atoms in total. The van der Waals surface area contributed by atoms with Crippen LogP contribution in [0.2, 0.25) is 10.0 Å². The second kappa shape index (κ2) is 9.21. The Kier molecular flexibility index (Phi) is 6.89. The number of benzene rings is 2. The minimum absolute atomic E-state index is 0.245. The Bertz CT molecular complexity index is 1030. The molecule has 1 aromatic heterocycles. The topological polar surface area (TPSA) is 66.9 Å². The molecule has 0 aliphatic carbocycles. The minimum atomic E-state index is -4.39. The molecule has 12 heteroatoms. The lowest BCUT2D eigenvalue weighted by atomic mass is 10.1. The van der Waals surface area contributed by atoms with E-state index >= 15 is 0 Å². The van der Waals surface area contributed by atoms with Crippen molar-refractivity contribution < 1.29 is 18.0 Å². The summed E-state index contributed by atoms with van der Waals surface area (Å²) in [5, 5.41) is 13.8. The van der Waals surface area contributed by atoms with E-state index in [9.17, 15) is 18.0 Å². The number of carbonyl (C=O) groups is 1. The molecule has 3 rings (SSSR count). The van der Waals surface area contributed by atoms with Gasteiger partial charge < -0.3 is 5.32 Å². The quantitative estimate of drug-likeness (QED) is 0.312. The summed E-state index contributed by atoms with van der Waals surface area (Å²) in [6.07, 6.45) is -4.39. The van der Waals surface area contributed by atoms with Crippen molar-refractivity contribution in [3.8, 4) is 0 Å². The second-order valence-corrected chi connectivity index (χ2v) is 8.58. The van der Waals surface area contributed by atoms with Crippen molar-refractivity contribution in [2.45, 2.75) is 16.3 Å². The number of thioether (sulfide) groups is 1. The van der Waals surface area contributed by atoms with Crippen molar-refractivity contribution in [2.24, 2.45) is 0 Å². The van der Waals surface area contributed by atoms with Gasteiger partial charge in [-0.05, 0) is 29.8 Å². The lowest BCUT2D eigenvalue weighted by molar-refractivity contribution is -0.137. The zero-order valence-electron chi connectivity index (χ0n) is 14.3. The summed E-state index contributed by atoms with van der Waals surface area (Å²) in [5.41, 5.74) is 0.252. The van der Waals surface area contributed by atoms with E-state index in [1.807, 2.05) is 0 Å². The fraction of sp³-hybridized carbons (Fsp3) is 0.118. The van der Waals surface area contributed by atoms with Crippen LogP contribution >= 0.6 is 46.3 Å². The molecule has 0 saturated carbocycles. The molecule has 0 fully saturated rings. The molecule has 0 aliphatic rings. The van der Waals surface area contributed by atoms with E-state index in [1.165, 1.54) is 23.9 Å². The molecular formula is C17H11Cl2F3N4OS2. The number of hydrogen-bond acceptors (Lipinski definition) is 5. The summed E-state index contributed by atoms with van der Waals surface area (Å²) < 4.78 is 38.8. The lowest BCUT2D eigenvalue weighted by Crippen LogP contribution is -2.19. The Morgan fingerprint density at radius 3 is 2.59 bits per heavy atom. The fourth-order valence-corrected chi connectivity index (χ4v) is 4.12. The van der Waals surface area contributed by atoms with Gasteiger partial charge in [0.25, 0.3) is 0 Å². The summed E-state index contributed by atoms with van der Waals surface area (Å²) in [5.74, 6) is 0.286. The highest BCUT2D eigenvalue weighted by Gasteiger charge is 2.30. The highest BCUT2D eigenvalue weighted by Crippen LogP contribution is 2.32. The molecular weight excluding hydrogens is 468 g/mol. The van der Waals surface area contributed by atoms with Gasteiger partial charge in [-0.3, -0.25) is 5.32 Å². The number of hydrogen-bond donors (Lipinski definition) is 2. The first-order chi connectivity index (χ1) is 13.7. The Morgan fingerprint density at radius 2 is 1.86 bits per heavy atom. The van der Waals surface area contributed by atoms with Gasteiger partial charge in [-0.1, -0.05) is 64.5 Å². The van der Waals surface area contributed by atoms with Crippen LogP contribution in [-0.2, 0) is 11.9 Å². The number of amides is 2. The standard InChI is InChI=1S/C17H11Cl2F3N4OS2/c18-12-5-4-11(7-13(12)19)23-14(27)24-15-25-26-16(29-15)28-8-9-2-1-3-10(6-9)17(20,21)22/h1-7H,8H2,(H2,23,24,25,27). The number of nitrogens with one attached hydrogen (secondary N) is 2. The van der Waals surface area contributed by atoms with Crippen LogP contribution in [0.3, 0.4) is 0 Å². The second-order valence-electron chi connectivity index (χ2n) is 5.57. The average Bonchev–Trinajstić information content (AvgIpc) is 3.10. The SMILES string of the molecule is O=C(Nc1ccc(Cl)c(Cl)c1)Nc1nnc(SCc2cccc(C(F)(F)F)c2)s1. The third kappa shape index (κ3) is 6.23. The molecule has 2 N–H and O–H groups in total. The fourth-order valence-electron chi connectivity index (χ4n) is 2.13. The maximum atomic E-state index is 12.8. The maximum Gasteiger partial charge on any atom is 0.416 e. The third-order valence-corrected chi connectivity index (χ3v) is 6.20. The Hall–Kier alpha value is -2.01. The number of nitrogens with zero attached hydrogens (tertiary/aromatic N) is 2. The van der Waals surface area contributed by atoms with E-state index in [0.29, 0.717) is 25.6 Å². The van der Waals surface area contributed by atoms with Gasteiger partial charge >= 0.3 is 12.2 Å². The number of halogens is 5. The number of urea groups is 1. The van der Waals surface area contributed by atoms with E-state index < -0.39 is 17.8 Å². The Morgan fingerprint density at radius 1 is 1.07 bits per heavy atom. The van der Waals surface area contributed by atoms with Gasteiger partial charge in [-0.2, -0.15) is 13.2 Å². The van der Waals surface area contributed by atoms with Crippen LogP contribution in [-0.4, -0.2) is 16.2 Å². The number of carbonyl (C=O) groups excluding carboxylic acids is 1. The number of anilines is 2. The van der Waals surface area contributed by atoms with Gasteiger partial charge in [0.15, 0.2) is 4.34 Å². The van der Waals surface area contributed by atoms with E-state index in [1.54, 1.807) is 18.2 Å². The van der Waals surface area contributed by atoms with Crippen LogP contribution < -0.4 is 10.6 Å². The number of aromatic nitrogens is 2. The van der Waals surface area contributed by atoms with Gasteiger partial charge in [0.1, 0.15) is 0 Å². The third-order valence-electron chi connectivity index (χ3n) is 3.42. The average molecular weight is 479 g/mol. The molecule has 2 aromatic carbocycles. The van der Waals surface area contributed by atoms with Crippen molar-refractivity contribution >= 4 is 63.2 Å². The number of rotatable bonds is 5. The van der Waals surface area contributed by atoms with Crippen LogP contribution in [0.25, 0.3) is 0 Å². The van der Waals surface area contributed by atoms with Crippen LogP contribution in [0, 0.1) is 0 Å². The molecule has 29 heavy (non-hydrogen) atoms. The zero-order chi connectivity index (χ0) is 21.0. The monoisotopic (exact) mass is 478 g/mol. The molecule has 0 radical (unpaired) electrons. The van der Waals surface area contributed by atoms with Crippen molar-refractivity contribution in [1.82, 2.24) is 10.2 Å². The van der Waals surface area contributed by atoms with Gasteiger partial charge in [0, 0.05) is 11.4 Å². The smallest absolute Gasteiger partial charge is 0.308 e. The zero-order valence-corrected chi connectivity index (χ0v) is 17.4. The Balaban J connectivity index is 1.55. The summed E-state index contributed by atoms with van der Waals surface area (Å²) in [6.45, 7) is 0. The van der Waals surface area contributed by atoms with E-state index in [-0.39, 0.29) is 10.9 Å². The molecule has 0 bridgehead atoms. The van der Waals surface area contributed by atoms with Crippen LogP contribution in [0.1, 0.15) is 11.1 Å². The van der Waals surface area contributed by atoms with Crippen LogP contribution in [0.4, 0.5) is 28.8 Å². The summed E-state index contributed by atoms with van der Waals surface area (Å²) in [7, 11) is 0. The molecule has 0 aliphatic heterocycles. The van der Waals surface area contributed by atoms with E-state index in [4.69, 9.17) is 23.2 Å². The normalized spacial score (nSPS) is 11.3. The van der Waals surface area contributed by atoms with Crippen LogP contribution in [0.5, 0.6) is 0 Å². The minimum Gasteiger partial charge on any atom is -0.308 e. The largest absolute Gasteiger partial charge is 0.416 e. The maximum absolute atomic E-state index is 12.8. The van der Waals surface area contributed by atoms with Gasteiger partial charge in [-0.15, -0.1) is 10.2 Å². The van der Waals surface area contributed by atoms with Crippen molar-refractivity contribution in [3.05, 3.63) is 63.6 Å². The molecule has 0 saturated heterocycles.